The zero-order valence-corrected chi connectivity index (χ0v) is 10.9. The average Bonchev–Trinajstić information content (AvgIpc) is 2.63. The molecule has 2 aliphatic rings. The minimum atomic E-state index is -0.746. The predicted molar refractivity (Wildman–Crippen MR) is 69.1 cm³/mol. The maximum absolute atomic E-state index is 12.4. The van der Waals surface area contributed by atoms with Crippen molar-refractivity contribution in [1.29, 1.82) is 5.26 Å². The Kier molecular flexibility index (Phi) is 3.86. The minimum absolute atomic E-state index is 0.175. The molecule has 2 saturated heterocycles. The lowest BCUT2D eigenvalue weighted by Crippen LogP contribution is -2.54. The third-order valence-electron chi connectivity index (χ3n) is 3.79. The van der Waals surface area contributed by atoms with Crippen molar-refractivity contribution in [2.75, 3.05) is 26.2 Å². The summed E-state index contributed by atoms with van der Waals surface area (Å²) < 4.78 is 0. The molecule has 0 aromatic heterocycles. The molecule has 6 heteroatoms. The number of nitrogens with zero attached hydrogens (tertiary/aromatic N) is 3. The van der Waals surface area contributed by atoms with Gasteiger partial charge in [-0.25, -0.2) is 4.79 Å². The molecule has 6 nitrogen and oxygen atoms in total. The molecule has 2 heterocycles. The van der Waals surface area contributed by atoms with Gasteiger partial charge in [0, 0.05) is 26.2 Å². The Morgan fingerprint density at radius 3 is 2.68 bits per heavy atom. The molecule has 1 spiro atoms. The van der Waals surface area contributed by atoms with Crippen LogP contribution in [0.5, 0.6) is 0 Å². The lowest BCUT2D eigenvalue weighted by atomic mass is 9.87. The second kappa shape index (κ2) is 5.41. The molecule has 3 amide bonds. The molecule has 0 radical (unpaired) electrons. The van der Waals surface area contributed by atoms with Crippen molar-refractivity contribution in [3.63, 3.8) is 0 Å². The molecule has 0 unspecified atom stereocenters. The first-order valence-corrected chi connectivity index (χ1v) is 6.47. The van der Waals surface area contributed by atoms with Crippen molar-refractivity contribution in [2.45, 2.75) is 24.8 Å². The zero-order valence-electron chi connectivity index (χ0n) is 10.9. The van der Waals surface area contributed by atoms with Gasteiger partial charge in [0.1, 0.15) is 5.54 Å². The molecule has 0 atom stereocenters. The lowest BCUT2D eigenvalue weighted by Gasteiger charge is -2.36. The number of carbonyl (C=O) groups is 2. The van der Waals surface area contributed by atoms with E-state index in [0.717, 1.165) is 19.6 Å². The molecule has 1 N–H and O–H groups in total. The third kappa shape index (κ3) is 2.47. The highest BCUT2D eigenvalue weighted by Gasteiger charge is 2.51. The number of imide groups is 1. The van der Waals surface area contributed by atoms with Gasteiger partial charge in [-0.15, -0.1) is 6.58 Å². The Bertz CT molecular complexity index is 432. The highest BCUT2D eigenvalue weighted by molar-refractivity contribution is 6.07. The summed E-state index contributed by atoms with van der Waals surface area (Å²) in [5.74, 6) is -0.175. The summed E-state index contributed by atoms with van der Waals surface area (Å²) in [4.78, 5) is 27.6. The van der Waals surface area contributed by atoms with Gasteiger partial charge < -0.3 is 5.32 Å². The summed E-state index contributed by atoms with van der Waals surface area (Å²) in [5, 5.41) is 11.4. The summed E-state index contributed by atoms with van der Waals surface area (Å²) in [5.41, 5.74) is -0.746. The van der Waals surface area contributed by atoms with Crippen LogP contribution in [0.4, 0.5) is 4.79 Å². The average molecular weight is 262 g/mol. The Morgan fingerprint density at radius 2 is 2.11 bits per heavy atom. The van der Waals surface area contributed by atoms with Crippen LogP contribution in [-0.4, -0.2) is 53.5 Å². The van der Waals surface area contributed by atoms with E-state index in [4.69, 9.17) is 5.26 Å². The Labute approximate surface area is 112 Å². The third-order valence-corrected chi connectivity index (χ3v) is 3.79. The van der Waals surface area contributed by atoms with Crippen LogP contribution in [0.15, 0.2) is 12.7 Å². The fourth-order valence-corrected chi connectivity index (χ4v) is 2.68. The van der Waals surface area contributed by atoms with Crippen molar-refractivity contribution in [3.8, 4) is 6.07 Å². The summed E-state index contributed by atoms with van der Waals surface area (Å²) in [6.45, 7) is 6.22. The number of hydrogen-bond acceptors (Lipinski definition) is 4. The van der Waals surface area contributed by atoms with Crippen LogP contribution in [0.2, 0.25) is 0 Å². The van der Waals surface area contributed by atoms with Gasteiger partial charge >= 0.3 is 6.03 Å². The molecule has 102 valence electrons. The van der Waals surface area contributed by atoms with Crippen LogP contribution in [0.25, 0.3) is 0 Å². The summed E-state index contributed by atoms with van der Waals surface area (Å²) >= 11 is 0. The standard InChI is InChI=1S/C13H18N4O2/c1-2-7-16-9-4-13(5-10-16)11(18)17(8-3-6-14)12(19)15-13/h2H,1,3-5,7-10H2,(H,15,19). The first kappa shape index (κ1) is 13.6. The number of carbonyl (C=O) groups excluding carboxylic acids is 2. The number of nitriles is 1. The Morgan fingerprint density at radius 1 is 1.42 bits per heavy atom. The molecule has 19 heavy (non-hydrogen) atoms. The van der Waals surface area contributed by atoms with E-state index < -0.39 is 5.54 Å². The Hall–Kier alpha value is -1.87. The monoisotopic (exact) mass is 262 g/mol. The van der Waals surface area contributed by atoms with Gasteiger partial charge in [0.15, 0.2) is 0 Å². The fraction of sp³-hybridized carbons (Fsp3) is 0.615. The molecule has 0 aromatic rings. The minimum Gasteiger partial charge on any atom is -0.323 e. The SMILES string of the molecule is C=CCN1CCC2(CC1)NC(=O)N(CCC#N)C2=O. The normalized spacial score (nSPS) is 22.4. The van der Waals surface area contributed by atoms with Crippen molar-refractivity contribution in [2.24, 2.45) is 0 Å². The number of rotatable bonds is 4. The van der Waals surface area contributed by atoms with Crippen molar-refractivity contribution < 1.29 is 9.59 Å². The van der Waals surface area contributed by atoms with Crippen molar-refractivity contribution in [3.05, 3.63) is 12.7 Å². The number of amides is 3. The van der Waals surface area contributed by atoms with Gasteiger partial charge in [0.05, 0.1) is 12.5 Å². The van der Waals surface area contributed by atoms with Crippen LogP contribution in [0, 0.1) is 11.3 Å². The molecular weight excluding hydrogens is 244 g/mol. The van der Waals surface area contributed by atoms with Crippen molar-refractivity contribution >= 4 is 11.9 Å². The second-order valence-corrected chi connectivity index (χ2v) is 4.97. The molecule has 2 aliphatic heterocycles. The van der Waals surface area contributed by atoms with Gasteiger partial charge in [0.2, 0.25) is 0 Å². The van der Waals surface area contributed by atoms with Gasteiger partial charge in [-0.2, -0.15) is 5.26 Å². The van der Waals surface area contributed by atoms with E-state index in [1.807, 2.05) is 12.1 Å². The molecule has 0 bridgehead atoms. The van der Waals surface area contributed by atoms with Crippen LogP contribution in [0.3, 0.4) is 0 Å². The highest BCUT2D eigenvalue weighted by Crippen LogP contribution is 2.29. The quantitative estimate of drug-likeness (QED) is 0.590. The molecule has 2 rings (SSSR count). The first-order valence-electron chi connectivity index (χ1n) is 6.47. The summed E-state index contributed by atoms with van der Waals surface area (Å²) in [7, 11) is 0. The summed E-state index contributed by atoms with van der Waals surface area (Å²) in [6, 6.07) is 1.59. The number of nitrogens with one attached hydrogen (secondary N) is 1. The van der Waals surface area contributed by atoms with Gasteiger partial charge in [-0.1, -0.05) is 6.08 Å². The van der Waals surface area contributed by atoms with E-state index in [0.29, 0.717) is 12.8 Å². The number of hydrogen-bond donors (Lipinski definition) is 1. The van der Waals surface area contributed by atoms with Crippen LogP contribution < -0.4 is 5.32 Å². The highest BCUT2D eigenvalue weighted by atomic mass is 16.2. The predicted octanol–water partition coefficient (Wildman–Crippen LogP) is 0.472. The smallest absolute Gasteiger partial charge is 0.323 e. The number of piperidine rings is 1. The molecule has 2 fully saturated rings. The first-order chi connectivity index (χ1) is 9.13. The van der Waals surface area contributed by atoms with E-state index in [2.05, 4.69) is 16.8 Å². The van der Waals surface area contributed by atoms with Gasteiger partial charge in [-0.05, 0) is 12.8 Å². The number of urea groups is 1. The largest absolute Gasteiger partial charge is 0.325 e. The molecular formula is C13H18N4O2. The Balaban J connectivity index is 2.02. The van der Waals surface area contributed by atoms with Crippen LogP contribution in [0.1, 0.15) is 19.3 Å². The molecule has 0 aliphatic carbocycles. The zero-order chi connectivity index (χ0) is 13.9. The van der Waals surface area contributed by atoms with E-state index in [1.165, 1.54) is 4.90 Å². The molecule has 0 aromatic carbocycles. The maximum Gasteiger partial charge on any atom is 0.325 e. The van der Waals surface area contributed by atoms with Crippen molar-refractivity contribution in [1.82, 2.24) is 15.1 Å². The second-order valence-electron chi connectivity index (χ2n) is 4.97. The topological polar surface area (TPSA) is 76.4 Å². The lowest BCUT2D eigenvalue weighted by molar-refractivity contribution is -0.132. The van der Waals surface area contributed by atoms with Crippen LogP contribution >= 0.6 is 0 Å². The van der Waals surface area contributed by atoms with E-state index in [9.17, 15) is 9.59 Å². The summed E-state index contributed by atoms with van der Waals surface area (Å²) in [6.07, 6.45) is 3.26. The molecule has 0 saturated carbocycles. The van der Waals surface area contributed by atoms with E-state index in [1.54, 1.807) is 0 Å². The van der Waals surface area contributed by atoms with E-state index >= 15 is 0 Å². The maximum atomic E-state index is 12.4. The number of likely N-dealkylation sites (tertiary alicyclic amines) is 1. The van der Waals surface area contributed by atoms with E-state index in [-0.39, 0.29) is 24.9 Å². The van der Waals surface area contributed by atoms with Gasteiger partial charge in [0.25, 0.3) is 5.91 Å². The van der Waals surface area contributed by atoms with Crippen LogP contribution in [-0.2, 0) is 4.79 Å². The van der Waals surface area contributed by atoms with Gasteiger partial charge in [-0.3, -0.25) is 14.6 Å². The fourth-order valence-electron chi connectivity index (χ4n) is 2.68.